The van der Waals surface area contributed by atoms with Crippen LogP contribution >= 0.6 is 0 Å². The summed E-state index contributed by atoms with van der Waals surface area (Å²) in [5.41, 5.74) is 5.90. The highest BCUT2D eigenvalue weighted by molar-refractivity contribution is 5.85. The molecule has 1 unspecified atom stereocenters. The molecule has 1 heterocycles. The number of benzene rings is 1. The third-order valence-electron chi connectivity index (χ3n) is 5.71. The number of allylic oxidation sites excluding steroid dienone is 2. The SMILES string of the molecule is C/C(=C\Cn1c(-c2ccccc2)cc2c1CCC(C(C)(C)C)C2)C(=O)O.C=CC.CC. The molecule has 0 bridgehead atoms. The molecule has 1 atom stereocenters. The van der Waals surface area contributed by atoms with Crippen molar-refractivity contribution in [1.29, 1.82) is 0 Å². The minimum Gasteiger partial charge on any atom is -0.478 e. The first-order valence-electron chi connectivity index (χ1n) is 11.4. The Bertz CT molecular complexity index is 866. The summed E-state index contributed by atoms with van der Waals surface area (Å²) in [6, 6.07) is 12.7. The Balaban J connectivity index is 0.000000884. The molecule has 0 saturated carbocycles. The Morgan fingerprint density at radius 1 is 1.23 bits per heavy atom. The van der Waals surface area contributed by atoms with Gasteiger partial charge in [0.2, 0.25) is 0 Å². The van der Waals surface area contributed by atoms with Crippen LogP contribution in [0.15, 0.2) is 60.7 Å². The van der Waals surface area contributed by atoms with Gasteiger partial charge in [-0.25, -0.2) is 4.79 Å². The number of hydrogen-bond donors (Lipinski definition) is 1. The second kappa shape index (κ2) is 12.3. The van der Waals surface area contributed by atoms with Crippen LogP contribution in [0.5, 0.6) is 0 Å². The molecule has 31 heavy (non-hydrogen) atoms. The second-order valence-corrected chi connectivity index (χ2v) is 8.88. The van der Waals surface area contributed by atoms with E-state index in [-0.39, 0.29) is 0 Å². The fourth-order valence-corrected chi connectivity index (χ4v) is 3.91. The van der Waals surface area contributed by atoms with E-state index in [0.29, 0.717) is 23.5 Å². The lowest BCUT2D eigenvalue weighted by Gasteiger charge is -2.34. The lowest BCUT2D eigenvalue weighted by atomic mass is 9.72. The first-order chi connectivity index (χ1) is 14.7. The summed E-state index contributed by atoms with van der Waals surface area (Å²) < 4.78 is 2.32. The Kier molecular flexibility index (Phi) is 10.5. The molecule has 0 radical (unpaired) electrons. The topological polar surface area (TPSA) is 42.2 Å². The van der Waals surface area contributed by atoms with Crippen molar-refractivity contribution in [2.75, 3.05) is 0 Å². The maximum atomic E-state index is 11.2. The maximum absolute atomic E-state index is 11.2. The fraction of sp³-hybridized carbons (Fsp3) is 0.464. The van der Waals surface area contributed by atoms with Crippen LogP contribution in [0.2, 0.25) is 0 Å². The second-order valence-electron chi connectivity index (χ2n) is 8.88. The van der Waals surface area contributed by atoms with Crippen molar-refractivity contribution in [1.82, 2.24) is 4.57 Å². The summed E-state index contributed by atoms with van der Waals surface area (Å²) in [6.07, 6.45) is 6.93. The van der Waals surface area contributed by atoms with Gasteiger partial charge in [-0.2, -0.15) is 0 Å². The van der Waals surface area contributed by atoms with Crippen LogP contribution in [0, 0.1) is 11.3 Å². The number of fused-ring (bicyclic) bond motifs is 1. The van der Waals surface area contributed by atoms with E-state index in [9.17, 15) is 9.90 Å². The van der Waals surface area contributed by atoms with Gasteiger partial charge >= 0.3 is 5.97 Å². The molecule has 0 saturated heterocycles. The average molecular weight is 424 g/mol. The zero-order valence-electron chi connectivity index (χ0n) is 20.5. The van der Waals surface area contributed by atoms with Gasteiger partial charge in [-0.15, -0.1) is 6.58 Å². The van der Waals surface area contributed by atoms with E-state index >= 15 is 0 Å². The van der Waals surface area contributed by atoms with Gasteiger partial charge in [0.1, 0.15) is 0 Å². The predicted octanol–water partition coefficient (Wildman–Crippen LogP) is 7.56. The first-order valence-corrected chi connectivity index (χ1v) is 11.4. The molecule has 2 aromatic rings. The molecule has 1 aliphatic rings. The molecule has 0 aliphatic heterocycles. The van der Waals surface area contributed by atoms with Crippen molar-refractivity contribution in [3.63, 3.8) is 0 Å². The van der Waals surface area contributed by atoms with Crippen molar-refractivity contribution >= 4 is 5.97 Å². The van der Waals surface area contributed by atoms with Gasteiger partial charge in [0.05, 0.1) is 0 Å². The van der Waals surface area contributed by atoms with Gasteiger partial charge in [0.25, 0.3) is 0 Å². The summed E-state index contributed by atoms with van der Waals surface area (Å²) in [6.45, 7) is 18.5. The molecule has 3 rings (SSSR count). The smallest absolute Gasteiger partial charge is 0.331 e. The van der Waals surface area contributed by atoms with Crippen molar-refractivity contribution in [2.24, 2.45) is 11.3 Å². The van der Waals surface area contributed by atoms with Crippen LogP contribution in [-0.4, -0.2) is 15.6 Å². The molecule has 3 heteroatoms. The maximum Gasteiger partial charge on any atom is 0.331 e. The molecule has 0 amide bonds. The molecule has 1 aliphatic carbocycles. The number of aliphatic carboxylic acids is 1. The van der Waals surface area contributed by atoms with Crippen LogP contribution < -0.4 is 0 Å². The first kappa shape index (κ1) is 26.5. The van der Waals surface area contributed by atoms with Gasteiger partial charge in [0.15, 0.2) is 0 Å². The zero-order chi connectivity index (χ0) is 23.6. The van der Waals surface area contributed by atoms with Crippen molar-refractivity contribution < 1.29 is 9.90 Å². The van der Waals surface area contributed by atoms with Gasteiger partial charge in [-0.1, -0.05) is 77.1 Å². The van der Waals surface area contributed by atoms with Gasteiger partial charge in [-0.3, -0.25) is 0 Å². The van der Waals surface area contributed by atoms with E-state index in [0.717, 1.165) is 12.8 Å². The summed E-state index contributed by atoms with van der Waals surface area (Å²) in [4.78, 5) is 11.2. The minimum absolute atomic E-state index is 0.312. The van der Waals surface area contributed by atoms with Crippen molar-refractivity contribution in [3.8, 4) is 11.3 Å². The highest BCUT2D eigenvalue weighted by Crippen LogP contribution is 2.40. The molecular formula is C28H41NO2. The molecule has 1 N–H and O–H groups in total. The van der Waals surface area contributed by atoms with E-state index in [1.54, 1.807) is 13.0 Å². The molecule has 1 aromatic heterocycles. The number of nitrogens with zero attached hydrogens (tertiary/aromatic N) is 1. The summed E-state index contributed by atoms with van der Waals surface area (Å²) in [5.74, 6) is -0.161. The molecule has 0 spiro atoms. The van der Waals surface area contributed by atoms with Gasteiger partial charge in [-0.05, 0) is 61.6 Å². The highest BCUT2D eigenvalue weighted by atomic mass is 16.4. The Morgan fingerprint density at radius 2 is 1.81 bits per heavy atom. The molecular weight excluding hydrogens is 382 g/mol. The lowest BCUT2D eigenvalue weighted by molar-refractivity contribution is -0.132. The summed E-state index contributed by atoms with van der Waals surface area (Å²) in [5, 5.41) is 9.18. The van der Waals surface area contributed by atoms with Crippen molar-refractivity contribution in [3.05, 3.63) is 72.0 Å². The Hall–Kier alpha value is -2.55. The number of aromatic nitrogens is 1. The lowest BCUT2D eigenvalue weighted by Crippen LogP contribution is -2.27. The number of carbonyl (C=O) groups is 1. The van der Waals surface area contributed by atoms with Crippen LogP contribution in [0.3, 0.4) is 0 Å². The van der Waals surface area contributed by atoms with Crippen LogP contribution in [0.1, 0.15) is 66.1 Å². The normalized spacial score (nSPS) is 15.6. The number of carboxylic acids is 1. The van der Waals surface area contributed by atoms with Gasteiger partial charge < -0.3 is 9.67 Å². The third-order valence-corrected chi connectivity index (χ3v) is 5.71. The fourth-order valence-electron chi connectivity index (χ4n) is 3.91. The molecule has 1 aromatic carbocycles. The highest BCUT2D eigenvalue weighted by Gasteiger charge is 2.31. The molecule has 3 nitrogen and oxygen atoms in total. The van der Waals surface area contributed by atoms with E-state index in [1.807, 2.05) is 32.9 Å². The van der Waals surface area contributed by atoms with E-state index < -0.39 is 5.97 Å². The monoisotopic (exact) mass is 423 g/mol. The number of rotatable bonds is 4. The number of hydrogen-bond acceptors (Lipinski definition) is 1. The summed E-state index contributed by atoms with van der Waals surface area (Å²) in [7, 11) is 0. The van der Waals surface area contributed by atoms with E-state index in [4.69, 9.17) is 0 Å². The van der Waals surface area contributed by atoms with Crippen molar-refractivity contribution in [2.45, 2.75) is 74.3 Å². The standard InChI is InChI=1S/C23H29NO2.C3H6.C2H6/c1-16(22(25)26)12-13-24-20-11-10-19(23(2,3)4)14-18(20)15-21(24)17-8-6-5-7-9-17;1-3-2;1-2/h5-9,12,15,19H,10-11,13-14H2,1-4H3,(H,25,26);3H,1H2,2H3;1-2H3/b16-12+;;. The van der Waals surface area contributed by atoms with Crippen LogP contribution in [0.25, 0.3) is 11.3 Å². The van der Waals surface area contributed by atoms with Crippen LogP contribution in [0.4, 0.5) is 0 Å². The van der Waals surface area contributed by atoms with Gasteiger partial charge in [0, 0.05) is 23.5 Å². The van der Waals surface area contributed by atoms with Crippen LogP contribution in [-0.2, 0) is 24.2 Å². The predicted molar refractivity (Wildman–Crippen MR) is 133 cm³/mol. The average Bonchev–Trinajstić information content (AvgIpc) is 3.11. The summed E-state index contributed by atoms with van der Waals surface area (Å²) >= 11 is 0. The third kappa shape index (κ3) is 7.27. The zero-order valence-corrected chi connectivity index (χ0v) is 20.5. The largest absolute Gasteiger partial charge is 0.478 e. The minimum atomic E-state index is -0.847. The van der Waals surface area contributed by atoms with E-state index in [2.05, 4.69) is 62.2 Å². The Labute approximate surface area is 189 Å². The van der Waals surface area contributed by atoms with E-state index in [1.165, 1.54) is 28.9 Å². The Morgan fingerprint density at radius 3 is 2.32 bits per heavy atom. The molecule has 0 fully saturated rings. The molecule has 170 valence electrons. The quantitative estimate of drug-likeness (QED) is 0.407. The number of carboxylic acid groups (broad SMARTS) is 1.